The summed E-state index contributed by atoms with van der Waals surface area (Å²) in [6.45, 7) is 14.4. The fourth-order valence-corrected chi connectivity index (χ4v) is 7.66. The minimum atomic E-state index is -0.709. The maximum Gasteiger partial charge on any atom is 0.413 e. The summed E-state index contributed by atoms with van der Waals surface area (Å²) >= 11 is 1.78. The Bertz CT molecular complexity index is 1570. The predicted octanol–water partition coefficient (Wildman–Crippen LogP) is 6.59. The molecule has 2 fully saturated rings. The van der Waals surface area contributed by atoms with Crippen LogP contribution < -0.4 is 10.6 Å². The first-order valence-electron chi connectivity index (χ1n) is 16.0. The van der Waals surface area contributed by atoms with Crippen molar-refractivity contribution in [3.63, 3.8) is 0 Å². The lowest BCUT2D eigenvalue weighted by molar-refractivity contribution is -0.146. The molecule has 2 N–H and O–H groups in total. The van der Waals surface area contributed by atoms with Crippen LogP contribution >= 0.6 is 11.3 Å². The minimum Gasteiger partial charge on any atom is -0.444 e. The minimum absolute atomic E-state index is 0.207. The van der Waals surface area contributed by atoms with Crippen molar-refractivity contribution in [3.8, 4) is 0 Å². The SMILES string of the molecule is CCc1cc(NC(=O)C(=O)N2C[C@@H](C)CCC2c2ccc3sc(C4CCN(C)CC4C)nc3c2)cnc1NC(=O)OC(C)(C)C. The number of anilines is 2. The zero-order chi connectivity index (χ0) is 32.5. The lowest BCUT2D eigenvalue weighted by atomic mass is 9.87. The van der Waals surface area contributed by atoms with Crippen LogP contribution in [0.15, 0.2) is 30.5 Å². The monoisotopic (exact) mass is 634 g/mol. The molecule has 0 saturated carbocycles. The Labute approximate surface area is 269 Å². The molecule has 2 aromatic heterocycles. The van der Waals surface area contributed by atoms with Gasteiger partial charge in [0.2, 0.25) is 0 Å². The molecule has 2 aliphatic heterocycles. The standard InChI is InChI=1S/C34H46N6O4S/c1-8-22-15-24(17-35-29(22)38-33(43)44-34(4,5)6)36-30(41)32(42)40-18-20(2)9-11-27(40)23-10-12-28-26(16-23)37-31(45-28)25-13-14-39(7)19-21(25)3/h10,12,15-17,20-21,25,27H,8-9,11,13-14,18-19H2,1-7H3,(H,36,41)(H,35,38,43)/t20-,21?,25?,27?/m0/s1. The summed E-state index contributed by atoms with van der Waals surface area (Å²) in [4.78, 5) is 52.8. The summed E-state index contributed by atoms with van der Waals surface area (Å²) < 4.78 is 6.49. The van der Waals surface area contributed by atoms with Gasteiger partial charge in [0.15, 0.2) is 0 Å². The van der Waals surface area contributed by atoms with Crippen LogP contribution in [0.4, 0.5) is 16.3 Å². The molecule has 10 nitrogen and oxygen atoms in total. The van der Waals surface area contributed by atoms with Gasteiger partial charge in [-0.05, 0) is 101 Å². The van der Waals surface area contributed by atoms with Gasteiger partial charge in [-0.2, -0.15) is 0 Å². The maximum absolute atomic E-state index is 13.7. The number of fused-ring (bicyclic) bond motifs is 1. The third-order valence-corrected chi connectivity index (χ3v) is 9.90. The molecule has 4 heterocycles. The van der Waals surface area contributed by atoms with Crippen molar-refractivity contribution in [1.82, 2.24) is 19.8 Å². The topological polar surface area (TPSA) is 117 Å². The number of carbonyl (C=O) groups excluding carboxylic acids is 3. The number of pyridine rings is 1. The van der Waals surface area contributed by atoms with Gasteiger partial charge in [-0.15, -0.1) is 11.3 Å². The van der Waals surface area contributed by atoms with Gasteiger partial charge in [0.1, 0.15) is 11.4 Å². The predicted molar refractivity (Wildman–Crippen MR) is 179 cm³/mol. The molecular formula is C34H46N6O4S. The Morgan fingerprint density at radius 2 is 1.84 bits per heavy atom. The third-order valence-electron chi connectivity index (χ3n) is 8.74. The molecule has 2 aliphatic rings. The number of nitrogens with zero attached hydrogens (tertiary/aromatic N) is 4. The van der Waals surface area contributed by atoms with E-state index in [0.29, 0.717) is 41.9 Å². The third kappa shape index (κ3) is 7.81. The van der Waals surface area contributed by atoms with E-state index in [-0.39, 0.29) is 12.0 Å². The smallest absolute Gasteiger partial charge is 0.413 e. The van der Waals surface area contributed by atoms with E-state index in [1.807, 2.05) is 6.92 Å². The molecule has 11 heteroatoms. The van der Waals surface area contributed by atoms with E-state index >= 15 is 0 Å². The number of amides is 3. The van der Waals surface area contributed by atoms with Gasteiger partial charge in [-0.3, -0.25) is 14.9 Å². The van der Waals surface area contributed by atoms with Crippen molar-refractivity contribution in [2.24, 2.45) is 11.8 Å². The number of aromatic nitrogens is 2. The van der Waals surface area contributed by atoms with Crippen LogP contribution in [0.25, 0.3) is 10.2 Å². The number of rotatable bonds is 5. The van der Waals surface area contributed by atoms with E-state index in [4.69, 9.17) is 9.72 Å². The number of nitrogens with one attached hydrogen (secondary N) is 2. The van der Waals surface area contributed by atoms with Crippen LogP contribution in [0.3, 0.4) is 0 Å². The van der Waals surface area contributed by atoms with Gasteiger partial charge in [0.25, 0.3) is 0 Å². The molecule has 242 valence electrons. The zero-order valence-corrected chi connectivity index (χ0v) is 28.3. The van der Waals surface area contributed by atoms with Crippen molar-refractivity contribution in [2.45, 2.75) is 84.8 Å². The van der Waals surface area contributed by atoms with Crippen molar-refractivity contribution in [2.75, 3.05) is 37.3 Å². The van der Waals surface area contributed by atoms with Gasteiger partial charge in [-0.25, -0.2) is 14.8 Å². The van der Waals surface area contributed by atoms with E-state index in [1.54, 1.807) is 43.1 Å². The van der Waals surface area contributed by atoms with E-state index < -0.39 is 23.5 Å². The molecule has 3 unspecified atom stereocenters. The second kappa shape index (κ2) is 13.4. The second-order valence-corrected chi connectivity index (χ2v) is 14.8. The first-order chi connectivity index (χ1) is 21.3. The number of ether oxygens (including phenoxy) is 1. The Morgan fingerprint density at radius 3 is 2.56 bits per heavy atom. The number of hydrogen-bond donors (Lipinski definition) is 2. The Hall–Kier alpha value is -3.57. The van der Waals surface area contributed by atoms with Gasteiger partial charge in [0, 0.05) is 19.0 Å². The number of aryl methyl sites for hydroxylation is 1. The number of hydrogen-bond acceptors (Lipinski definition) is 8. The molecule has 5 rings (SSSR count). The van der Waals surface area contributed by atoms with Crippen LogP contribution in [0.1, 0.15) is 88.9 Å². The molecule has 4 atom stereocenters. The first kappa shape index (κ1) is 32.8. The van der Waals surface area contributed by atoms with Gasteiger partial charge < -0.3 is 19.9 Å². The molecule has 45 heavy (non-hydrogen) atoms. The first-order valence-corrected chi connectivity index (χ1v) is 16.8. The van der Waals surface area contributed by atoms with E-state index in [1.165, 1.54) is 11.2 Å². The zero-order valence-electron chi connectivity index (χ0n) is 27.5. The molecule has 3 amide bonds. The Morgan fingerprint density at radius 1 is 1.07 bits per heavy atom. The molecule has 2 saturated heterocycles. The molecule has 0 radical (unpaired) electrons. The summed E-state index contributed by atoms with van der Waals surface area (Å²) in [5.74, 6) is 0.372. The van der Waals surface area contributed by atoms with E-state index in [2.05, 4.69) is 59.6 Å². The average Bonchev–Trinajstić information content (AvgIpc) is 3.39. The van der Waals surface area contributed by atoms with Crippen molar-refractivity contribution in [3.05, 3.63) is 46.6 Å². The number of piperidine rings is 2. The highest BCUT2D eigenvalue weighted by Gasteiger charge is 2.35. The van der Waals surface area contributed by atoms with Crippen molar-refractivity contribution >= 4 is 51.0 Å². The average molecular weight is 635 g/mol. The summed E-state index contributed by atoms with van der Waals surface area (Å²) in [6.07, 6.45) is 4.25. The number of likely N-dealkylation sites (tertiary alicyclic amines) is 2. The highest BCUT2D eigenvalue weighted by Crippen LogP contribution is 2.39. The molecule has 3 aromatic rings. The number of thiazole rings is 1. The fourth-order valence-electron chi connectivity index (χ4n) is 6.45. The normalized spacial score (nSPS) is 22.7. The summed E-state index contributed by atoms with van der Waals surface area (Å²) in [7, 11) is 2.18. The van der Waals surface area contributed by atoms with Crippen LogP contribution in [0.5, 0.6) is 0 Å². The van der Waals surface area contributed by atoms with Gasteiger partial charge >= 0.3 is 17.9 Å². The molecule has 0 spiro atoms. The number of benzene rings is 1. The fraction of sp³-hybridized carbons (Fsp3) is 0.559. The highest BCUT2D eigenvalue weighted by atomic mass is 32.1. The molecule has 1 aromatic carbocycles. The highest BCUT2D eigenvalue weighted by molar-refractivity contribution is 7.18. The summed E-state index contributed by atoms with van der Waals surface area (Å²) in [5, 5.41) is 6.61. The quantitative estimate of drug-likeness (QED) is 0.304. The molecular weight excluding hydrogens is 588 g/mol. The van der Waals surface area contributed by atoms with Gasteiger partial charge in [0.05, 0.1) is 33.2 Å². The van der Waals surface area contributed by atoms with Crippen LogP contribution in [-0.4, -0.2) is 70.0 Å². The number of carbonyl (C=O) groups is 3. The Balaban J connectivity index is 1.31. The Kier molecular flexibility index (Phi) is 9.79. The molecule has 0 bridgehead atoms. The second-order valence-electron chi connectivity index (χ2n) is 13.7. The van der Waals surface area contributed by atoms with E-state index in [0.717, 1.165) is 48.1 Å². The lowest BCUT2D eigenvalue weighted by Gasteiger charge is -2.38. The summed E-state index contributed by atoms with van der Waals surface area (Å²) in [5.41, 5.74) is 2.43. The van der Waals surface area contributed by atoms with Crippen LogP contribution in [-0.2, 0) is 20.7 Å². The van der Waals surface area contributed by atoms with Crippen LogP contribution in [0.2, 0.25) is 0 Å². The van der Waals surface area contributed by atoms with Crippen molar-refractivity contribution in [1.29, 1.82) is 0 Å². The lowest BCUT2D eigenvalue weighted by Crippen LogP contribution is -2.46. The van der Waals surface area contributed by atoms with E-state index in [9.17, 15) is 14.4 Å². The summed E-state index contributed by atoms with van der Waals surface area (Å²) in [6, 6.07) is 7.84. The largest absolute Gasteiger partial charge is 0.444 e. The van der Waals surface area contributed by atoms with Gasteiger partial charge in [-0.1, -0.05) is 26.8 Å². The van der Waals surface area contributed by atoms with Crippen LogP contribution in [0, 0.1) is 11.8 Å². The maximum atomic E-state index is 13.7. The van der Waals surface area contributed by atoms with Crippen molar-refractivity contribution < 1.29 is 19.1 Å². The molecule has 0 aliphatic carbocycles.